The lowest BCUT2D eigenvalue weighted by atomic mass is 9.84. The molecule has 1 N–H and O–H groups in total. The molecule has 0 aliphatic heterocycles. The van der Waals surface area contributed by atoms with E-state index < -0.39 is 11.9 Å². The number of halogens is 1. The number of carbonyl (C=O) groups is 1. The second-order valence-electron chi connectivity index (χ2n) is 6.09. The van der Waals surface area contributed by atoms with Gasteiger partial charge in [-0.2, -0.15) is 0 Å². The van der Waals surface area contributed by atoms with Gasteiger partial charge in [-0.05, 0) is 50.3 Å². The first kappa shape index (κ1) is 16.1. The van der Waals surface area contributed by atoms with E-state index in [-0.39, 0.29) is 12.0 Å². The predicted molar refractivity (Wildman–Crippen MR) is 84.0 cm³/mol. The number of thiophene rings is 1. The van der Waals surface area contributed by atoms with Crippen LogP contribution < -0.4 is 0 Å². The van der Waals surface area contributed by atoms with Crippen LogP contribution in [0.4, 0.5) is 0 Å². The highest BCUT2D eigenvalue weighted by Gasteiger charge is 2.26. The van der Waals surface area contributed by atoms with Crippen molar-refractivity contribution in [2.45, 2.75) is 33.7 Å². The van der Waals surface area contributed by atoms with Crippen molar-refractivity contribution in [1.82, 2.24) is 20.2 Å². The van der Waals surface area contributed by atoms with Crippen molar-refractivity contribution in [2.24, 2.45) is 11.3 Å². The highest BCUT2D eigenvalue weighted by Crippen LogP contribution is 2.31. The van der Waals surface area contributed by atoms with E-state index in [1.54, 1.807) is 4.68 Å². The summed E-state index contributed by atoms with van der Waals surface area (Å²) < 4.78 is 2.56. The summed E-state index contributed by atoms with van der Waals surface area (Å²) in [5.74, 6) is -0.736. The van der Waals surface area contributed by atoms with E-state index in [0.29, 0.717) is 12.2 Å². The largest absolute Gasteiger partial charge is 0.481 e. The SMILES string of the molecule is CC(C)(C)CC(Cn1nnnc1-c1ccc(Br)s1)C(=O)O. The van der Waals surface area contributed by atoms with E-state index in [0.717, 1.165) is 8.66 Å². The number of hydrogen-bond donors (Lipinski definition) is 1. The Morgan fingerprint density at radius 1 is 1.48 bits per heavy atom. The molecular formula is C13H17BrN4O2S. The quantitative estimate of drug-likeness (QED) is 0.870. The molecule has 1 unspecified atom stereocenters. The number of aliphatic carboxylic acids is 1. The molecule has 0 saturated heterocycles. The van der Waals surface area contributed by atoms with E-state index in [2.05, 4.69) is 31.5 Å². The third-order valence-corrected chi connectivity index (χ3v) is 4.55. The summed E-state index contributed by atoms with van der Waals surface area (Å²) in [5, 5.41) is 21.0. The Bertz CT molecular complexity index is 632. The summed E-state index contributed by atoms with van der Waals surface area (Å²) in [6.45, 7) is 6.35. The smallest absolute Gasteiger partial charge is 0.308 e. The number of aromatic nitrogens is 4. The van der Waals surface area contributed by atoms with E-state index in [1.165, 1.54) is 11.3 Å². The van der Waals surface area contributed by atoms with Crippen LogP contribution in [0.2, 0.25) is 0 Å². The van der Waals surface area contributed by atoms with Crippen LogP contribution in [-0.4, -0.2) is 31.3 Å². The lowest BCUT2D eigenvalue weighted by Crippen LogP contribution is -2.26. The first-order chi connectivity index (χ1) is 9.76. The molecule has 0 bridgehead atoms. The van der Waals surface area contributed by atoms with Crippen molar-refractivity contribution in [3.8, 4) is 10.7 Å². The average Bonchev–Trinajstić information content (AvgIpc) is 2.95. The fourth-order valence-electron chi connectivity index (χ4n) is 2.12. The van der Waals surface area contributed by atoms with Crippen LogP contribution in [0.15, 0.2) is 15.9 Å². The number of rotatable bonds is 5. The Labute approximate surface area is 135 Å². The van der Waals surface area contributed by atoms with Crippen LogP contribution in [0, 0.1) is 11.3 Å². The highest BCUT2D eigenvalue weighted by atomic mass is 79.9. The minimum atomic E-state index is -0.821. The average molecular weight is 373 g/mol. The molecule has 8 heteroatoms. The first-order valence-corrected chi connectivity index (χ1v) is 8.12. The van der Waals surface area contributed by atoms with Crippen LogP contribution in [0.25, 0.3) is 10.7 Å². The maximum Gasteiger partial charge on any atom is 0.308 e. The molecule has 0 aliphatic rings. The molecule has 2 heterocycles. The summed E-state index contributed by atoms with van der Waals surface area (Å²) in [6.07, 6.45) is 0.565. The zero-order valence-corrected chi connectivity index (χ0v) is 14.5. The second kappa shape index (κ2) is 6.23. The van der Waals surface area contributed by atoms with Gasteiger partial charge in [0.25, 0.3) is 0 Å². The summed E-state index contributed by atoms with van der Waals surface area (Å²) in [4.78, 5) is 12.4. The van der Waals surface area contributed by atoms with Gasteiger partial charge in [0, 0.05) is 0 Å². The molecule has 2 rings (SSSR count). The molecule has 6 nitrogen and oxygen atoms in total. The van der Waals surface area contributed by atoms with Crippen molar-refractivity contribution in [3.63, 3.8) is 0 Å². The third kappa shape index (κ3) is 4.34. The number of tetrazole rings is 1. The normalized spacial score (nSPS) is 13.3. The maximum absolute atomic E-state index is 11.5. The van der Waals surface area contributed by atoms with Gasteiger partial charge in [0.2, 0.25) is 0 Å². The second-order valence-corrected chi connectivity index (χ2v) is 8.55. The van der Waals surface area contributed by atoms with E-state index in [4.69, 9.17) is 0 Å². The maximum atomic E-state index is 11.5. The first-order valence-electron chi connectivity index (χ1n) is 6.51. The minimum absolute atomic E-state index is 0.0663. The van der Waals surface area contributed by atoms with Crippen LogP contribution in [0.1, 0.15) is 27.2 Å². The van der Waals surface area contributed by atoms with Crippen LogP contribution in [0.3, 0.4) is 0 Å². The van der Waals surface area contributed by atoms with Crippen molar-refractivity contribution >= 4 is 33.2 Å². The lowest BCUT2D eigenvalue weighted by Gasteiger charge is -2.23. The zero-order chi connectivity index (χ0) is 15.6. The number of carboxylic acids is 1. The molecule has 0 aliphatic carbocycles. The van der Waals surface area contributed by atoms with Crippen molar-refractivity contribution in [3.05, 3.63) is 15.9 Å². The molecule has 0 aromatic carbocycles. The van der Waals surface area contributed by atoms with Crippen LogP contribution in [-0.2, 0) is 11.3 Å². The Kier molecular flexibility index (Phi) is 4.77. The summed E-state index contributed by atoms with van der Waals surface area (Å²) in [7, 11) is 0. The van der Waals surface area contributed by atoms with Crippen molar-refractivity contribution < 1.29 is 9.90 Å². The summed E-state index contributed by atoms with van der Waals surface area (Å²) >= 11 is 4.92. The molecule has 0 fully saturated rings. The molecular weight excluding hydrogens is 356 g/mol. The molecule has 2 aromatic rings. The van der Waals surface area contributed by atoms with E-state index in [1.807, 2.05) is 32.9 Å². The standard InChI is InChI=1S/C13H17BrN4O2S/c1-13(2,3)6-8(12(19)20)7-18-11(15-16-17-18)9-4-5-10(14)21-9/h4-5,8H,6-7H2,1-3H3,(H,19,20). The fourth-order valence-corrected chi connectivity index (χ4v) is 3.49. The molecule has 21 heavy (non-hydrogen) atoms. The third-order valence-electron chi connectivity index (χ3n) is 2.93. The zero-order valence-electron chi connectivity index (χ0n) is 12.1. The fraction of sp³-hybridized carbons (Fsp3) is 0.538. The summed E-state index contributed by atoms with van der Waals surface area (Å²) in [6, 6.07) is 3.83. The molecule has 0 spiro atoms. The number of carboxylic acid groups (broad SMARTS) is 1. The van der Waals surface area contributed by atoms with E-state index >= 15 is 0 Å². The van der Waals surface area contributed by atoms with E-state index in [9.17, 15) is 9.90 Å². The topological polar surface area (TPSA) is 80.9 Å². The minimum Gasteiger partial charge on any atom is -0.481 e. The lowest BCUT2D eigenvalue weighted by molar-refractivity contribution is -0.143. The Hall–Kier alpha value is -1.28. The Balaban J connectivity index is 2.22. The van der Waals surface area contributed by atoms with Gasteiger partial charge in [0.1, 0.15) is 0 Å². The Morgan fingerprint density at radius 3 is 2.71 bits per heavy atom. The van der Waals surface area contributed by atoms with Gasteiger partial charge < -0.3 is 5.11 Å². The Morgan fingerprint density at radius 2 is 2.19 bits per heavy atom. The van der Waals surface area contributed by atoms with Gasteiger partial charge in [-0.15, -0.1) is 16.4 Å². The number of hydrogen-bond acceptors (Lipinski definition) is 5. The monoisotopic (exact) mass is 372 g/mol. The summed E-state index contributed by atoms with van der Waals surface area (Å²) in [5.41, 5.74) is -0.0663. The molecule has 1 atom stereocenters. The molecule has 2 aromatic heterocycles. The van der Waals surface area contributed by atoms with Crippen LogP contribution in [0.5, 0.6) is 0 Å². The van der Waals surface area contributed by atoms with Crippen molar-refractivity contribution in [2.75, 3.05) is 0 Å². The molecule has 114 valence electrons. The van der Waals surface area contributed by atoms with Crippen molar-refractivity contribution in [1.29, 1.82) is 0 Å². The van der Waals surface area contributed by atoms with Gasteiger partial charge in [-0.3, -0.25) is 4.79 Å². The molecule has 0 amide bonds. The van der Waals surface area contributed by atoms with Gasteiger partial charge in [-0.25, -0.2) is 4.68 Å². The predicted octanol–water partition coefficient (Wildman–Crippen LogP) is 3.30. The van der Waals surface area contributed by atoms with Gasteiger partial charge in [-0.1, -0.05) is 20.8 Å². The molecule has 0 radical (unpaired) electrons. The van der Waals surface area contributed by atoms with Gasteiger partial charge >= 0.3 is 5.97 Å². The van der Waals surface area contributed by atoms with Crippen LogP contribution >= 0.6 is 27.3 Å². The number of nitrogens with zero attached hydrogens (tertiary/aromatic N) is 4. The van der Waals surface area contributed by atoms with Gasteiger partial charge in [0.15, 0.2) is 5.82 Å². The highest BCUT2D eigenvalue weighted by molar-refractivity contribution is 9.11. The van der Waals surface area contributed by atoms with Gasteiger partial charge in [0.05, 0.1) is 21.1 Å². The molecule has 0 saturated carbocycles.